The highest BCUT2D eigenvalue weighted by molar-refractivity contribution is 8.01. The second-order valence-corrected chi connectivity index (χ2v) is 7.04. The van der Waals surface area contributed by atoms with E-state index in [-0.39, 0.29) is 17.3 Å². The topological polar surface area (TPSA) is 133 Å². The number of likely N-dealkylation sites (N-methyl/N-ethyl adjacent to an activating group) is 1. The lowest BCUT2D eigenvalue weighted by atomic mass is 10.2. The fraction of sp³-hybridized carbons (Fsp3) is 0.235. The van der Waals surface area contributed by atoms with E-state index in [1.54, 1.807) is 12.4 Å². The molecule has 2 aliphatic rings. The van der Waals surface area contributed by atoms with E-state index < -0.39 is 5.91 Å². The summed E-state index contributed by atoms with van der Waals surface area (Å²) >= 11 is 1.11. The molecule has 10 nitrogen and oxygen atoms in total. The van der Waals surface area contributed by atoms with Gasteiger partial charge in [0.1, 0.15) is 17.1 Å². The number of hydrazine groups is 1. The molecule has 5 N–H and O–H groups in total. The fourth-order valence-electron chi connectivity index (χ4n) is 2.64. The van der Waals surface area contributed by atoms with Crippen molar-refractivity contribution < 1.29 is 9.59 Å². The predicted molar refractivity (Wildman–Crippen MR) is 104 cm³/mol. The Balaban J connectivity index is 1.63. The molecule has 1 aliphatic heterocycles. The van der Waals surface area contributed by atoms with Gasteiger partial charge in [-0.1, -0.05) is 0 Å². The number of amides is 2. The van der Waals surface area contributed by atoms with Crippen LogP contribution in [-0.4, -0.2) is 33.8 Å². The van der Waals surface area contributed by atoms with Gasteiger partial charge < -0.3 is 21.4 Å². The molecule has 2 amide bonds. The number of aromatic nitrogens is 3. The van der Waals surface area contributed by atoms with Crippen molar-refractivity contribution in [1.82, 2.24) is 35.8 Å². The van der Waals surface area contributed by atoms with E-state index in [0.29, 0.717) is 22.3 Å². The zero-order chi connectivity index (χ0) is 19.5. The average molecular weight is 398 g/mol. The van der Waals surface area contributed by atoms with Gasteiger partial charge in [-0.15, -0.1) is 0 Å². The third-order valence-electron chi connectivity index (χ3n) is 4.20. The normalized spacial score (nSPS) is 15.8. The number of carbonyl (C=O) groups is 2. The van der Waals surface area contributed by atoms with Gasteiger partial charge in [0, 0.05) is 18.7 Å². The fourth-order valence-corrected chi connectivity index (χ4v) is 3.29. The Hall–Kier alpha value is -3.18. The first-order valence-electron chi connectivity index (χ1n) is 8.64. The van der Waals surface area contributed by atoms with Crippen LogP contribution < -0.4 is 26.2 Å². The summed E-state index contributed by atoms with van der Waals surface area (Å²) in [5, 5.41) is 8.78. The minimum Gasteiger partial charge on any atom is -0.354 e. The molecule has 0 atom stereocenters. The van der Waals surface area contributed by atoms with Gasteiger partial charge in [-0.05, 0) is 36.9 Å². The number of nitrogens with one attached hydrogen (secondary N) is 5. The molecular weight excluding hydrogens is 380 g/mol. The Labute approximate surface area is 165 Å². The van der Waals surface area contributed by atoms with E-state index in [1.165, 1.54) is 13.4 Å². The first kappa shape index (κ1) is 18.2. The van der Waals surface area contributed by atoms with E-state index in [4.69, 9.17) is 0 Å². The molecule has 1 aliphatic carbocycles. The zero-order valence-corrected chi connectivity index (χ0v) is 15.8. The van der Waals surface area contributed by atoms with Crippen molar-refractivity contribution in [3.05, 3.63) is 53.0 Å². The molecule has 2 aromatic heterocycles. The van der Waals surface area contributed by atoms with Crippen LogP contribution >= 0.6 is 11.9 Å². The monoisotopic (exact) mass is 398 g/mol. The summed E-state index contributed by atoms with van der Waals surface area (Å²) in [6.07, 6.45) is 6.79. The van der Waals surface area contributed by atoms with Crippen LogP contribution in [0, 0.1) is 0 Å². The number of pyridine rings is 1. The number of hydrogen-bond acceptors (Lipinski definition) is 9. The molecule has 28 heavy (non-hydrogen) atoms. The number of nitrogens with zero attached hydrogens (tertiary/aromatic N) is 3. The van der Waals surface area contributed by atoms with Gasteiger partial charge in [0.2, 0.25) is 0 Å². The summed E-state index contributed by atoms with van der Waals surface area (Å²) in [5.41, 5.74) is 5.26. The summed E-state index contributed by atoms with van der Waals surface area (Å²) in [6, 6.07) is 3.75. The molecule has 144 valence electrons. The van der Waals surface area contributed by atoms with Crippen molar-refractivity contribution in [2.75, 3.05) is 12.4 Å². The van der Waals surface area contributed by atoms with Crippen LogP contribution in [0.5, 0.6) is 0 Å². The molecule has 0 bridgehead atoms. The minimum absolute atomic E-state index is 0.240. The highest BCUT2D eigenvalue weighted by Crippen LogP contribution is 2.39. The van der Waals surface area contributed by atoms with Crippen molar-refractivity contribution in [2.45, 2.75) is 18.8 Å². The third-order valence-corrected chi connectivity index (χ3v) is 4.92. The maximum absolute atomic E-state index is 13.0. The summed E-state index contributed by atoms with van der Waals surface area (Å²) in [4.78, 5) is 40.2. The largest absolute Gasteiger partial charge is 0.354 e. The van der Waals surface area contributed by atoms with Gasteiger partial charge in [-0.25, -0.2) is 15.0 Å². The molecule has 2 aromatic rings. The summed E-state index contributed by atoms with van der Waals surface area (Å²) in [7, 11) is 1.52. The zero-order valence-electron chi connectivity index (χ0n) is 14.9. The lowest BCUT2D eigenvalue weighted by molar-refractivity contribution is -0.117. The van der Waals surface area contributed by atoms with E-state index in [9.17, 15) is 9.59 Å². The molecule has 0 saturated heterocycles. The molecule has 3 heterocycles. The first-order valence-corrected chi connectivity index (χ1v) is 9.46. The molecule has 0 unspecified atom stereocenters. The van der Waals surface area contributed by atoms with Crippen LogP contribution in [0.2, 0.25) is 0 Å². The minimum atomic E-state index is -0.420. The van der Waals surface area contributed by atoms with Gasteiger partial charge in [0.25, 0.3) is 11.8 Å². The quantitative estimate of drug-likeness (QED) is 0.450. The van der Waals surface area contributed by atoms with Crippen LogP contribution in [0.1, 0.15) is 34.9 Å². The highest BCUT2D eigenvalue weighted by atomic mass is 32.2. The SMILES string of the molecule is CNC(=O)C1=C(NC(=O)c2nc(C3CC3)ccc2Nc2cncnc2)SNN1. The molecular formula is C17H18N8O2S. The van der Waals surface area contributed by atoms with Gasteiger partial charge in [-0.2, -0.15) is 4.83 Å². The van der Waals surface area contributed by atoms with Crippen LogP contribution in [0.3, 0.4) is 0 Å². The van der Waals surface area contributed by atoms with Crippen LogP contribution in [-0.2, 0) is 4.79 Å². The Morgan fingerprint density at radius 2 is 1.96 bits per heavy atom. The van der Waals surface area contributed by atoms with Gasteiger partial charge in [0.15, 0.2) is 5.69 Å². The summed E-state index contributed by atoms with van der Waals surface area (Å²) in [5.74, 6) is -0.367. The van der Waals surface area contributed by atoms with Crippen LogP contribution in [0.15, 0.2) is 41.6 Å². The number of carbonyl (C=O) groups excluding carboxylic acids is 2. The predicted octanol–water partition coefficient (Wildman–Crippen LogP) is 0.893. The maximum atomic E-state index is 13.0. The second-order valence-electron chi connectivity index (χ2n) is 6.23. The van der Waals surface area contributed by atoms with Crippen LogP contribution in [0.4, 0.5) is 11.4 Å². The molecule has 1 saturated carbocycles. The summed E-state index contributed by atoms with van der Waals surface area (Å²) < 4.78 is 0. The molecule has 0 radical (unpaired) electrons. The van der Waals surface area contributed by atoms with E-state index in [0.717, 1.165) is 30.5 Å². The standard InChI is InChI=1S/C17H18N8O2S/c1-18-15(26)14-17(28-25-24-14)23-16(27)13-12(21-10-6-19-8-20-7-10)5-4-11(22-13)9-2-3-9/h4-9,21,24-25H,2-3H2,1H3,(H,18,26)(H,23,27). The summed E-state index contributed by atoms with van der Waals surface area (Å²) in [6.45, 7) is 0. The molecule has 0 spiro atoms. The number of rotatable bonds is 6. The lowest BCUT2D eigenvalue weighted by Crippen LogP contribution is -2.32. The Kier molecular flexibility index (Phi) is 5.08. The second kappa shape index (κ2) is 7.82. The molecule has 1 fully saturated rings. The molecule has 0 aromatic carbocycles. The number of hydrogen-bond donors (Lipinski definition) is 5. The van der Waals surface area contributed by atoms with Crippen molar-refractivity contribution >= 4 is 35.1 Å². The van der Waals surface area contributed by atoms with Crippen LogP contribution in [0.25, 0.3) is 0 Å². The van der Waals surface area contributed by atoms with Crippen molar-refractivity contribution in [1.29, 1.82) is 0 Å². The van der Waals surface area contributed by atoms with Gasteiger partial charge in [0.05, 0.1) is 23.8 Å². The van der Waals surface area contributed by atoms with E-state index in [1.807, 2.05) is 12.1 Å². The maximum Gasteiger partial charge on any atom is 0.276 e. The highest BCUT2D eigenvalue weighted by Gasteiger charge is 2.28. The first-order chi connectivity index (χ1) is 13.7. The average Bonchev–Trinajstić information content (AvgIpc) is 3.47. The van der Waals surface area contributed by atoms with Crippen molar-refractivity contribution in [3.63, 3.8) is 0 Å². The Morgan fingerprint density at radius 3 is 2.68 bits per heavy atom. The Bertz CT molecular complexity index is 945. The Morgan fingerprint density at radius 1 is 1.18 bits per heavy atom. The van der Waals surface area contributed by atoms with Gasteiger partial charge >= 0.3 is 0 Å². The van der Waals surface area contributed by atoms with Crippen molar-refractivity contribution in [3.8, 4) is 0 Å². The lowest BCUT2D eigenvalue weighted by Gasteiger charge is -2.13. The van der Waals surface area contributed by atoms with E-state index in [2.05, 4.69) is 41.2 Å². The van der Waals surface area contributed by atoms with Crippen molar-refractivity contribution in [2.24, 2.45) is 0 Å². The van der Waals surface area contributed by atoms with Gasteiger partial charge in [-0.3, -0.25) is 9.59 Å². The number of anilines is 2. The smallest absolute Gasteiger partial charge is 0.276 e. The molecule has 11 heteroatoms. The van der Waals surface area contributed by atoms with E-state index >= 15 is 0 Å². The molecule has 4 rings (SSSR count). The third kappa shape index (κ3) is 3.89.